The second kappa shape index (κ2) is 10.4. The minimum atomic E-state index is -0.403. The molecular weight excluding hydrogens is 544 g/mol. The highest BCUT2D eigenvalue weighted by Gasteiger charge is 2.19. The molecule has 1 nitrogen and oxygen atoms in total. The summed E-state index contributed by atoms with van der Waals surface area (Å²) in [5.41, 5.74) is 8.71. The Hall–Kier alpha value is -5.92. The molecule has 0 saturated carbocycles. The molecule has 210 valence electrons. The van der Waals surface area contributed by atoms with E-state index in [1.165, 1.54) is 0 Å². The third-order valence-electron chi connectivity index (χ3n) is 8.74. The van der Waals surface area contributed by atoms with E-state index in [1.54, 1.807) is 0 Å². The second-order valence-corrected chi connectivity index (χ2v) is 11.3. The van der Waals surface area contributed by atoms with Crippen molar-refractivity contribution in [3.63, 3.8) is 0 Å². The fraction of sp³-hybridized carbons (Fsp3) is 0. The van der Waals surface area contributed by atoms with Crippen molar-refractivity contribution in [3.05, 3.63) is 170 Å². The first kappa shape index (κ1) is 20.9. The summed E-state index contributed by atoms with van der Waals surface area (Å²) >= 11 is 0. The van der Waals surface area contributed by atoms with E-state index in [-0.39, 0.29) is 29.7 Å². The van der Waals surface area contributed by atoms with Crippen molar-refractivity contribution in [2.75, 3.05) is 0 Å². The SMILES string of the molecule is [2H]c1c([2H])c([2H])c(-c2ccc3c(-c4ccccc4)c4ccc(-c5cccc6oc7ccccc7c56)cc4c(-c4ccccc4)c3c2)c([2H])c1[2H]. The Morgan fingerprint density at radius 1 is 0.378 bits per heavy atom. The van der Waals surface area contributed by atoms with Gasteiger partial charge in [-0.3, -0.25) is 0 Å². The van der Waals surface area contributed by atoms with Gasteiger partial charge in [-0.15, -0.1) is 0 Å². The van der Waals surface area contributed by atoms with Crippen LogP contribution in [0.2, 0.25) is 0 Å². The van der Waals surface area contributed by atoms with Gasteiger partial charge in [-0.25, -0.2) is 0 Å². The van der Waals surface area contributed by atoms with Gasteiger partial charge in [-0.1, -0.05) is 145 Å². The summed E-state index contributed by atoms with van der Waals surface area (Å²) in [4.78, 5) is 0. The predicted octanol–water partition coefficient (Wildman–Crippen LogP) is 12.6. The van der Waals surface area contributed by atoms with E-state index in [2.05, 4.69) is 54.6 Å². The fourth-order valence-corrected chi connectivity index (χ4v) is 6.79. The Kier molecular flexibility index (Phi) is 4.81. The minimum absolute atomic E-state index is 0.186. The third-order valence-corrected chi connectivity index (χ3v) is 8.74. The van der Waals surface area contributed by atoms with Gasteiger partial charge in [0, 0.05) is 10.8 Å². The molecule has 0 unspecified atom stereocenters. The van der Waals surface area contributed by atoms with Crippen molar-refractivity contribution in [2.45, 2.75) is 0 Å². The summed E-state index contributed by atoms with van der Waals surface area (Å²) < 4.78 is 48.7. The zero-order chi connectivity index (χ0) is 34.1. The van der Waals surface area contributed by atoms with E-state index in [9.17, 15) is 0 Å². The van der Waals surface area contributed by atoms with Crippen molar-refractivity contribution in [1.82, 2.24) is 0 Å². The van der Waals surface area contributed by atoms with E-state index in [0.29, 0.717) is 5.56 Å². The van der Waals surface area contributed by atoms with Crippen LogP contribution in [-0.2, 0) is 0 Å². The van der Waals surface area contributed by atoms with Crippen LogP contribution in [0, 0.1) is 0 Å². The maximum atomic E-state index is 8.76. The first-order valence-electron chi connectivity index (χ1n) is 17.5. The number of furan rings is 1. The standard InChI is InChI=1S/C44H28O/c1-4-13-29(14-5-1)32-23-25-35-38(27-32)43(31-17-8-3-9-18-31)39-28-33(24-26-36(39)42(35)30-15-6-2-7-16-30)34-20-12-22-41-44(34)37-19-10-11-21-40(37)45-41/h1-28H/i1D,4D,5D,13D,14D. The molecule has 0 radical (unpaired) electrons. The van der Waals surface area contributed by atoms with Gasteiger partial charge in [-0.2, -0.15) is 0 Å². The molecule has 0 aliphatic rings. The fourth-order valence-electron chi connectivity index (χ4n) is 6.79. The number of rotatable bonds is 4. The quantitative estimate of drug-likeness (QED) is 0.190. The van der Waals surface area contributed by atoms with Gasteiger partial charge < -0.3 is 4.42 Å². The monoisotopic (exact) mass is 577 g/mol. The number of hydrogen-bond donors (Lipinski definition) is 0. The Labute approximate surface area is 268 Å². The Morgan fingerprint density at radius 2 is 0.956 bits per heavy atom. The lowest BCUT2D eigenvalue weighted by atomic mass is 9.83. The van der Waals surface area contributed by atoms with Crippen LogP contribution in [0.3, 0.4) is 0 Å². The summed E-state index contributed by atoms with van der Waals surface area (Å²) in [7, 11) is 0. The molecule has 0 fully saturated rings. The van der Waals surface area contributed by atoms with E-state index in [4.69, 9.17) is 11.3 Å². The average molecular weight is 578 g/mol. The molecule has 1 aromatic heterocycles. The van der Waals surface area contributed by atoms with E-state index in [1.807, 2.05) is 84.9 Å². The maximum absolute atomic E-state index is 8.76. The molecule has 9 aromatic rings. The molecule has 45 heavy (non-hydrogen) atoms. The molecule has 1 heterocycles. The van der Waals surface area contributed by atoms with Gasteiger partial charge in [0.05, 0.1) is 6.85 Å². The first-order chi connectivity index (χ1) is 24.4. The van der Waals surface area contributed by atoms with E-state index < -0.39 is 6.04 Å². The van der Waals surface area contributed by atoms with Crippen molar-refractivity contribution < 1.29 is 11.3 Å². The van der Waals surface area contributed by atoms with Crippen molar-refractivity contribution in [1.29, 1.82) is 0 Å². The summed E-state index contributed by atoms with van der Waals surface area (Å²) in [6, 6.07) is 45.9. The molecule has 0 aliphatic carbocycles. The van der Waals surface area contributed by atoms with Crippen LogP contribution >= 0.6 is 0 Å². The smallest absolute Gasteiger partial charge is 0.136 e. The lowest BCUT2D eigenvalue weighted by Crippen LogP contribution is -1.92. The van der Waals surface area contributed by atoms with Gasteiger partial charge >= 0.3 is 0 Å². The number of hydrogen-bond acceptors (Lipinski definition) is 1. The maximum Gasteiger partial charge on any atom is 0.136 e. The average Bonchev–Trinajstić information content (AvgIpc) is 3.55. The topological polar surface area (TPSA) is 13.1 Å². The lowest BCUT2D eigenvalue weighted by molar-refractivity contribution is 0.669. The van der Waals surface area contributed by atoms with Gasteiger partial charge in [0.1, 0.15) is 11.2 Å². The molecule has 1 heteroatoms. The van der Waals surface area contributed by atoms with E-state index >= 15 is 0 Å². The minimum Gasteiger partial charge on any atom is -0.456 e. The van der Waals surface area contributed by atoms with Crippen LogP contribution in [0.15, 0.2) is 174 Å². The Balaban J connectivity index is 1.44. The molecule has 0 amide bonds. The van der Waals surface area contributed by atoms with Crippen LogP contribution < -0.4 is 0 Å². The number of para-hydroxylation sites is 1. The summed E-state index contributed by atoms with van der Waals surface area (Å²) in [5, 5.41) is 6.20. The molecule has 0 saturated heterocycles. The predicted molar refractivity (Wildman–Crippen MR) is 190 cm³/mol. The number of fused-ring (bicyclic) bond motifs is 5. The van der Waals surface area contributed by atoms with E-state index in [0.717, 1.165) is 76.9 Å². The van der Waals surface area contributed by atoms with Gasteiger partial charge in [-0.05, 0) is 90.3 Å². The molecule has 0 N–H and O–H groups in total. The summed E-state index contributed by atoms with van der Waals surface area (Å²) in [5.74, 6) is 0. The normalized spacial score (nSPS) is 13.1. The van der Waals surface area contributed by atoms with Crippen molar-refractivity contribution >= 4 is 43.5 Å². The first-order valence-corrected chi connectivity index (χ1v) is 15.0. The van der Waals surface area contributed by atoms with Crippen molar-refractivity contribution in [2.24, 2.45) is 0 Å². The van der Waals surface area contributed by atoms with Crippen LogP contribution in [0.4, 0.5) is 0 Å². The largest absolute Gasteiger partial charge is 0.456 e. The molecule has 0 atom stereocenters. The van der Waals surface area contributed by atoms with Gasteiger partial charge in [0.25, 0.3) is 0 Å². The van der Waals surface area contributed by atoms with Crippen LogP contribution in [-0.4, -0.2) is 0 Å². The highest BCUT2D eigenvalue weighted by Crippen LogP contribution is 2.46. The zero-order valence-electron chi connectivity index (χ0n) is 29.2. The molecule has 8 aromatic carbocycles. The summed E-state index contributed by atoms with van der Waals surface area (Å²) in [6.07, 6.45) is 0. The zero-order valence-corrected chi connectivity index (χ0v) is 24.2. The van der Waals surface area contributed by atoms with Crippen LogP contribution in [0.5, 0.6) is 0 Å². The highest BCUT2D eigenvalue weighted by molar-refractivity contribution is 6.23. The molecular formula is C44H28O. The lowest BCUT2D eigenvalue weighted by Gasteiger charge is -2.20. The molecule has 9 rings (SSSR count). The molecule has 0 bridgehead atoms. The third kappa shape index (κ3) is 4.17. The van der Waals surface area contributed by atoms with Crippen LogP contribution in [0.1, 0.15) is 6.85 Å². The Morgan fingerprint density at radius 3 is 1.67 bits per heavy atom. The molecule has 0 aliphatic heterocycles. The summed E-state index contributed by atoms with van der Waals surface area (Å²) in [6.45, 7) is 0. The highest BCUT2D eigenvalue weighted by atomic mass is 16.3. The second-order valence-electron chi connectivity index (χ2n) is 11.3. The van der Waals surface area contributed by atoms with Crippen molar-refractivity contribution in [3.8, 4) is 44.5 Å². The van der Waals surface area contributed by atoms with Gasteiger partial charge in [0.2, 0.25) is 0 Å². The number of benzene rings is 8. The Bertz CT molecular complexity index is 2780. The van der Waals surface area contributed by atoms with Gasteiger partial charge in [0.15, 0.2) is 0 Å². The van der Waals surface area contributed by atoms with Crippen LogP contribution in [0.25, 0.3) is 88.0 Å². The molecule has 0 spiro atoms.